The molecule has 2 aliphatic rings. The summed E-state index contributed by atoms with van der Waals surface area (Å²) < 4.78 is 0. The Morgan fingerprint density at radius 1 is 0.939 bits per heavy atom. The summed E-state index contributed by atoms with van der Waals surface area (Å²) in [7, 11) is 3.98. The van der Waals surface area contributed by atoms with E-state index < -0.39 is 0 Å². The van der Waals surface area contributed by atoms with Gasteiger partial charge in [-0.05, 0) is 39.1 Å². The molecule has 0 N–H and O–H groups in total. The number of hydrogen-bond acceptors (Lipinski definition) is 6. The number of benzene rings is 1. The highest BCUT2D eigenvalue weighted by atomic mass is 16.2. The summed E-state index contributed by atoms with van der Waals surface area (Å²) in [6.07, 6.45) is 3.02. The molecule has 2 aromatic rings. The number of carbonyl (C=O) groups is 2. The average Bonchev–Trinajstić information content (AvgIpc) is 2.81. The lowest BCUT2D eigenvalue weighted by Gasteiger charge is -2.37. The number of aromatic nitrogens is 2. The molecule has 33 heavy (non-hydrogen) atoms. The van der Waals surface area contributed by atoms with Gasteiger partial charge in [0.2, 0.25) is 11.8 Å². The predicted molar refractivity (Wildman–Crippen MR) is 129 cm³/mol. The van der Waals surface area contributed by atoms with E-state index in [1.165, 1.54) is 0 Å². The molecule has 176 valence electrons. The first-order valence-electron chi connectivity index (χ1n) is 11.9. The van der Waals surface area contributed by atoms with Crippen molar-refractivity contribution >= 4 is 17.6 Å². The van der Waals surface area contributed by atoms with Crippen LogP contribution in [0.3, 0.4) is 0 Å². The first kappa shape index (κ1) is 23.2. The maximum absolute atomic E-state index is 13.0. The van der Waals surface area contributed by atoms with Crippen molar-refractivity contribution in [2.24, 2.45) is 5.92 Å². The Balaban J connectivity index is 1.30. The van der Waals surface area contributed by atoms with Crippen LogP contribution in [0.5, 0.6) is 0 Å². The fourth-order valence-corrected chi connectivity index (χ4v) is 4.21. The zero-order valence-corrected chi connectivity index (χ0v) is 19.7. The SMILES string of the molecule is CN(C)CCN(CC(=O)N1CCN(c2ccc(-c3ccccc3)nn2)CC1)C(=O)C1CCC1. The van der Waals surface area contributed by atoms with E-state index in [2.05, 4.69) is 20.0 Å². The lowest BCUT2D eigenvalue weighted by molar-refractivity contribution is -0.145. The van der Waals surface area contributed by atoms with Crippen molar-refractivity contribution in [3.63, 3.8) is 0 Å². The highest BCUT2D eigenvalue weighted by molar-refractivity contribution is 5.86. The molecule has 0 spiro atoms. The number of piperazine rings is 1. The van der Waals surface area contributed by atoms with Crippen molar-refractivity contribution in [3.05, 3.63) is 42.5 Å². The van der Waals surface area contributed by atoms with Crippen LogP contribution in [0, 0.1) is 5.92 Å². The second-order valence-electron chi connectivity index (χ2n) is 9.20. The minimum absolute atomic E-state index is 0.0339. The monoisotopic (exact) mass is 450 g/mol. The van der Waals surface area contributed by atoms with E-state index in [-0.39, 0.29) is 24.3 Å². The number of likely N-dealkylation sites (N-methyl/N-ethyl adjacent to an activating group) is 1. The molecule has 1 aromatic carbocycles. The van der Waals surface area contributed by atoms with E-state index in [4.69, 9.17) is 0 Å². The van der Waals surface area contributed by atoms with Crippen molar-refractivity contribution in [3.8, 4) is 11.3 Å². The number of rotatable bonds is 8. The van der Waals surface area contributed by atoms with Crippen LogP contribution in [0.1, 0.15) is 19.3 Å². The molecule has 0 radical (unpaired) electrons. The van der Waals surface area contributed by atoms with E-state index in [1.54, 1.807) is 4.90 Å². The van der Waals surface area contributed by atoms with Crippen molar-refractivity contribution in [1.29, 1.82) is 0 Å². The van der Waals surface area contributed by atoms with Crippen molar-refractivity contribution in [2.75, 3.05) is 64.8 Å². The third-order valence-corrected chi connectivity index (χ3v) is 6.59. The Morgan fingerprint density at radius 2 is 1.67 bits per heavy atom. The number of carbonyl (C=O) groups excluding carboxylic acids is 2. The second kappa shape index (κ2) is 10.7. The molecule has 0 unspecified atom stereocenters. The highest BCUT2D eigenvalue weighted by Crippen LogP contribution is 2.28. The third-order valence-electron chi connectivity index (χ3n) is 6.59. The molecule has 2 heterocycles. The first-order valence-corrected chi connectivity index (χ1v) is 11.9. The largest absolute Gasteiger partial charge is 0.352 e. The summed E-state index contributed by atoms with van der Waals surface area (Å²) in [6, 6.07) is 14.0. The molecule has 2 amide bonds. The lowest BCUT2D eigenvalue weighted by Crippen LogP contribution is -2.53. The maximum Gasteiger partial charge on any atom is 0.242 e. The summed E-state index contributed by atoms with van der Waals surface area (Å²) in [5.74, 6) is 1.11. The molecule has 0 atom stereocenters. The molecule has 8 nitrogen and oxygen atoms in total. The van der Waals surface area contributed by atoms with Gasteiger partial charge in [-0.25, -0.2) is 0 Å². The van der Waals surface area contributed by atoms with Gasteiger partial charge < -0.3 is 19.6 Å². The number of anilines is 1. The number of amides is 2. The predicted octanol–water partition coefficient (Wildman–Crippen LogP) is 1.98. The third kappa shape index (κ3) is 5.87. The Hall–Kier alpha value is -3.00. The average molecular weight is 451 g/mol. The van der Waals surface area contributed by atoms with Crippen LogP contribution in [0.15, 0.2) is 42.5 Å². The Kier molecular flexibility index (Phi) is 7.54. The molecule has 1 aliphatic heterocycles. The van der Waals surface area contributed by atoms with Crippen LogP contribution in [-0.4, -0.2) is 96.6 Å². The standard InChI is InChI=1S/C25H34N6O2/c1-28(2)13-14-31(25(33)21-9-6-10-21)19-24(32)30-17-15-29(16-18-30)23-12-11-22(26-27-23)20-7-4-3-5-8-20/h3-5,7-8,11-12,21H,6,9-10,13-19H2,1-2H3. The van der Waals surface area contributed by atoms with Gasteiger partial charge >= 0.3 is 0 Å². The molecule has 4 rings (SSSR count). The zero-order valence-electron chi connectivity index (χ0n) is 19.7. The molecule has 1 saturated carbocycles. The van der Waals surface area contributed by atoms with Gasteiger partial charge in [-0.3, -0.25) is 9.59 Å². The van der Waals surface area contributed by atoms with E-state index >= 15 is 0 Å². The minimum atomic E-state index is 0.0339. The van der Waals surface area contributed by atoms with Gasteiger partial charge in [0.25, 0.3) is 0 Å². The van der Waals surface area contributed by atoms with Crippen molar-refractivity contribution in [1.82, 2.24) is 24.9 Å². The van der Waals surface area contributed by atoms with Gasteiger partial charge in [-0.1, -0.05) is 36.8 Å². The smallest absolute Gasteiger partial charge is 0.242 e. The Morgan fingerprint density at radius 3 is 2.24 bits per heavy atom. The summed E-state index contributed by atoms with van der Waals surface area (Å²) in [6.45, 7) is 4.20. The fourth-order valence-electron chi connectivity index (χ4n) is 4.21. The van der Waals surface area contributed by atoms with Gasteiger partial charge in [0.15, 0.2) is 5.82 Å². The van der Waals surface area contributed by atoms with Gasteiger partial charge in [0, 0.05) is 50.7 Å². The van der Waals surface area contributed by atoms with Crippen molar-refractivity contribution < 1.29 is 9.59 Å². The molecule has 8 heteroatoms. The molecule has 1 aromatic heterocycles. The highest BCUT2D eigenvalue weighted by Gasteiger charge is 2.32. The van der Waals surface area contributed by atoms with Crippen LogP contribution < -0.4 is 4.90 Å². The Labute approximate surface area is 196 Å². The maximum atomic E-state index is 13.0. The molecular weight excluding hydrogens is 416 g/mol. The van der Waals surface area contributed by atoms with E-state index in [0.717, 1.165) is 42.9 Å². The second-order valence-corrected chi connectivity index (χ2v) is 9.20. The lowest BCUT2D eigenvalue weighted by atomic mass is 9.84. The quantitative estimate of drug-likeness (QED) is 0.612. The van der Waals surface area contributed by atoms with Gasteiger partial charge in [0.05, 0.1) is 12.2 Å². The molecule has 2 fully saturated rings. The van der Waals surface area contributed by atoms with Crippen LogP contribution in [0.25, 0.3) is 11.3 Å². The van der Waals surface area contributed by atoms with Crippen LogP contribution in [0.2, 0.25) is 0 Å². The normalized spacial score (nSPS) is 16.6. The minimum Gasteiger partial charge on any atom is -0.352 e. The summed E-state index contributed by atoms with van der Waals surface area (Å²) in [4.78, 5) is 33.7. The van der Waals surface area contributed by atoms with Gasteiger partial charge in [-0.15, -0.1) is 10.2 Å². The number of hydrogen-bond donors (Lipinski definition) is 0. The van der Waals surface area contributed by atoms with Crippen LogP contribution in [-0.2, 0) is 9.59 Å². The molecular formula is C25H34N6O2. The zero-order chi connectivity index (χ0) is 23.2. The fraction of sp³-hybridized carbons (Fsp3) is 0.520. The summed E-state index contributed by atoms with van der Waals surface area (Å²) in [5, 5.41) is 8.79. The molecule has 1 aliphatic carbocycles. The van der Waals surface area contributed by atoms with Gasteiger partial charge in [0.1, 0.15) is 0 Å². The van der Waals surface area contributed by atoms with E-state index in [9.17, 15) is 9.59 Å². The van der Waals surface area contributed by atoms with Crippen LogP contribution >= 0.6 is 0 Å². The molecule has 1 saturated heterocycles. The Bertz CT molecular complexity index is 922. The first-order chi connectivity index (χ1) is 16.0. The summed E-state index contributed by atoms with van der Waals surface area (Å²) >= 11 is 0. The van der Waals surface area contributed by atoms with Gasteiger partial charge in [-0.2, -0.15) is 0 Å². The topological polar surface area (TPSA) is 72.9 Å². The summed E-state index contributed by atoms with van der Waals surface area (Å²) in [5.41, 5.74) is 1.89. The van der Waals surface area contributed by atoms with E-state index in [1.807, 2.05) is 61.5 Å². The van der Waals surface area contributed by atoms with Crippen molar-refractivity contribution in [2.45, 2.75) is 19.3 Å². The van der Waals surface area contributed by atoms with E-state index in [0.29, 0.717) is 32.7 Å². The number of nitrogens with zero attached hydrogens (tertiary/aromatic N) is 6. The van der Waals surface area contributed by atoms with Crippen LogP contribution in [0.4, 0.5) is 5.82 Å². The molecule has 0 bridgehead atoms.